The summed E-state index contributed by atoms with van der Waals surface area (Å²) in [5.74, 6) is 2.48. The van der Waals surface area contributed by atoms with Crippen LogP contribution in [-0.4, -0.2) is 6.54 Å². The summed E-state index contributed by atoms with van der Waals surface area (Å²) in [5.41, 5.74) is 1.58. The van der Waals surface area contributed by atoms with Gasteiger partial charge in [-0.05, 0) is 37.1 Å². The Morgan fingerprint density at radius 2 is 2.27 bits per heavy atom. The number of hydrogen-bond donors (Lipinski definition) is 1. The van der Waals surface area contributed by atoms with Gasteiger partial charge in [0.15, 0.2) is 0 Å². The molecule has 0 fully saturated rings. The largest absolute Gasteiger partial charge is 0.300 e. The molecule has 2 heteroatoms. The van der Waals surface area contributed by atoms with E-state index in [1.165, 1.54) is 6.07 Å². The summed E-state index contributed by atoms with van der Waals surface area (Å²) in [4.78, 5) is 0. The van der Waals surface area contributed by atoms with E-state index in [2.05, 4.69) is 18.2 Å². The Kier molecular flexibility index (Phi) is 4.33. The van der Waals surface area contributed by atoms with Crippen LogP contribution in [0.5, 0.6) is 0 Å². The minimum absolute atomic E-state index is 0.121. The molecule has 0 aromatic heterocycles. The van der Waals surface area contributed by atoms with E-state index >= 15 is 0 Å². The highest BCUT2D eigenvalue weighted by molar-refractivity contribution is 5.30. The van der Waals surface area contributed by atoms with Crippen molar-refractivity contribution in [3.8, 4) is 12.3 Å². The molecule has 0 bridgehead atoms. The minimum atomic E-state index is -0.190. The zero-order valence-electron chi connectivity index (χ0n) is 9.18. The Morgan fingerprint density at radius 1 is 1.53 bits per heavy atom. The van der Waals surface area contributed by atoms with Crippen LogP contribution in [0.1, 0.15) is 30.5 Å². The second kappa shape index (κ2) is 5.53. The van der Waals surface area contributed by atoms with E-state index in [0.717, 1.165) is 18.5 Å². The third-order valence-electron chi connectivity index (χ3n) is 2.28. The summed E-state index contributed by atoms with van der Waals surface area (Å²) >= 11 is 0. The first kappa shape index (κ1) is 11.7. The van der Waals surface area contributed by atoms with Gasteiger partial charge < -0.3 is 5.32 Å². The zero-order valence-corrected chi connectivity index (χ0v) is 9.18. The van der Waals surface area contributed by atoms with Crippen molar-refractivity contribution in [1.82, 2.24) is 5.32 Å². The summed E-state index contributed by atoms with van der Waals surface area (Å²) in [6.07, 6.45) is 6.45. The Hall–Kier alpha value is -1.33. The topological polar surface area (TPSA) is 12.0 Å². The summed E-state index contributed by atoms with van der Waals surface area (Å²) in [6.45, 7) is 4.69. The van der Waals surface area contributed by atoms with Crippen molar-refractivity contribution < 1.29 is 4.39 Å². The van der Waals surface area contributed by atoms with Gasteiger partial charge in [0.1, 0.15) is 5.82 Å². The number of rotatable bonds is 4. The minimum Gasteiger partial charge on any atom is -0.300 e. The molecular formula is C13H16FN. The van der Waals surface area contributed by atoms with Crippen molar-refractivity contribution in [1.29, 1.82) is 0 Å². The SMILES string of the molecule is C#CC(NCCC)c1ccc(F)c(C)c1. The molecule has 1 aromatic carbocycles. The Morgan fingerprint density at radius 3 is 2.80 bits per heavy atom. The van der Waals surface area contributed by atoms with Crippen LogP contribution in [0.2, 0.25) is 0 Å². The smallest absolute Gasteiger partial charge is 0.126 e. The van der Waals surface area contributed by atoms with Crippen molar-refractivity contribution >= 4 is 0 Å². The Balaban J connectivity index is 2.84. The molecule has 0 amide bonds. The lowest BCUT2D eigenvalue weighted by molar-refractivity contribution is 0.606. The quantitative estimate of drug-likeness (QED) is 0.745. The van der Waals surface area contributed by atoms with Crippen molar-refractivity contribution in [3.63, 3.8) is 0 Å². The molecule has 1 N–H and O–H groups in total. The first-order valence-electron chi connectivity index (χ1n) is 5.14. The van der Waals surface area contributed by atoms with E-state index in [-0.39, 0.29) is 11.9 Å². The zero-order chi connectivity index (χ0) is 11.3. The molecule has 1 aromatic rings. The first-order chi connectivity index (χ1) is 7.19. The molecule has 0 spiro atoms. The van der Waals surface area contributed by atoms with Crippen molar-refractivity contribution in [2.45, 2.75) is 26.3 Å². The van der Waals surface area contributed by atoms with Crippen LogP contribution in [0.4, 0.5) is 4.39 Å². The Bertz CT molecular complexity index is 365. The van der Waals surface area contributed by atoms with Gasteiger partial charge in [-0.15, -0.1) is 6.42 Å². The Labute approximate surface area is 90.7 Å². The van der Waals surface area contributed by atoms with Crippen LogP contribution in [0.15, 0.2) is 18.2 Å². The molecule has 1 nitrogen and oxygen atoms in total. The standard InChI is InChI=1S/C13H16FN/c1-4-8-15-13(5-2)11-6-7-12(14)10(3)9-11/h2,6-7,9,13,15H,4,8H2,1,3H3. The van der Waals surface area contributed by atoms with Crippen LogP contribution in [0, 0.1) is 25.1 Å². The van der Waals surface area contributed by atoms with Crippen LogP contribution >= 0.6 is 0 Å². The third-order valence-corrected chi connectivity index (χ3v) is 2.28. The molecule has 1 unspecified atom stereocenters. The highest BCUT2D eigenvalue weighted by Gasteiger charge is 2.08. The number of halogens is 1. The van der Waals surface area contributed by atoms with E-state index in [1.54, 1.807) is 19.1 Å². The maximum absolute atomic E-state index is 13.0. The molecule has 15 heavy (non-hydrogen) atoms. The average Bonchev–Trinajstić information content (AvgIpc) is 2.24. The normalized spacial score (nSPS) is 12.1. The van der Waals surface area contributed by atoms with Gasteiger partial charge in [-0.2, -0.15) is 0 Å². The van der Waals surface area contributed by atoms with E-state index in [0.29, 0.717) is 5.56 Å². The van der Waals surface area contributed by atoms with Gasteiger partial charge in [-0.1, -0.05) is 25.0 Å². The molecule has 1 rings (SSSR count). The maximum atomic E-state index is 13.0. The lowest BCUT2D eigenvalue weighted by Gasteiger charge is -2.13. The molecule has 0 saturated carbocycles. The highest BCUT2D eigenvalue weighted by Crippen LogP contribution is 2.16. The van der Waals surface area contributed by atoms with Crippen molar-refractivity contribution in [3.05, 3.63) is 35.1 Å². The second-order valence-electron chi connectivity index (χ2n) is 3.56. The molecule has 80 valence electrons. The average molecular weight is 205 g/mol. The number of terminal acetylenes is 1. The predicted octanol–water partition coefficient (Wildman–Crippen LogP) is 2.81. The lowest BCUT2D eigenvalue weighted by atomic mass is 10.0. The predicted molar refractivity (Wildman–Crippen MR) is 61.0 cm³/mol. The second-order valence-corrected chi connectivity index (χ2v) is 3.56. The van der Waals surface area contributed by atoms with Crippen molar-refractivity contribution in [2.24, 2.45) is 0 Å². The van der Waals surface area contributed by atoms with E-state index < -0.39 is 0 Å². The van der Waals surface area contributed by atoms with Crippen LogP contribution in [0.25, 0.3) is 0 Å². The molecule has 1 atom stereocenters. The van der Waals surface area contributed by atoms with E-state index in [4.69, 9.17) is 6.42 Å². The van der Waals surface area contributed by atoms with E-state index in [1.807, 2.05) is 0 Å². The maximum Gasteiger partial charge on any atom is 0.126 e. The fourth-order valence-corrected chi connectivity index (χ4v) is 1.41. The van der Waals surface area contributed by atoms with Crippen molar-refractivity contribution in [2.75, 3.05) is 6.54 Å². The van der Waals surface area contributed by atoms with Crippen LogP contribution in [-0.2, 0) is 0 Å². The number of aryl methyl sites for hydroxylation is 1. The fourth-order valence-electron chi connectivity index (χ4n) is 1.41. The van der Waals surface area contributed by atoms with Crippen LogP contribution in [0.3, 0.4) is 0 Å². The monoisotopic (exact) mass is 205 g/mol. The molecule has 0 aliphatic heterocycles. The number of nitrogens with one attached hydrogen (secondary N) is 1. The molecule has 0 radical (unpaired) electrons. The van der Waals surface area contributed by atoms with Gasteiger partial charge in [-0.25, -0.2) is 4.39 Å². The summed E-state index contributed by atoms with van der Waals surface area (Å²) < 4.78 is 13.0. The number of benzene rings is 1. The van der Waals surface area contributed by atoms with E-state index in [9.17, 15) is 4.39 Å². The summed E-state index contributed by atoms with van der Waals surface area (Å²) in [7, 11) is 0. The van der Waals surface area contributed by atoms with Gasteiger partial charge in [0.25, 0.3) is 0 Å². The van der Waals surface area contributed by atoms with Gasteiger partial charge in [0, 0.05) is 0 Å². The molecule has 0 saturated heterocycles. The third kappa shape index (κ3) is 3.07. The molecular weight excluding hydrogens is 189 g/mol. The van der Waals surface area contributed by atoms with Gasteiger partial charge in [-0.3, -0.25) is 0 Å². The number of hydrogen-bond acceptors (Lipinski definition) is 1. The molecule has 0 aliphatic rings. The summed E-state index contributed by atoms with van der Waals surface area (Å²) in [5, 5.41) is 3.22. The molecule has 0 heterocycles. The summed E-state index contributed by atoms with van der Waals surface area (Å²) in [6, 6.07) is 4.87. The van der Waals surface area contributed by atoms with Gasteiger partial charge in [0.05, 0.1) is 6.04 Å². The van der Waals surface area contributed by atoms with Gasteiger partial charge in [0.2, 0.25) is 0 Å². The highest BCUT2D eigenvalue weighted by atomic mass is 19.1. The first-order valence-corrected chi connectivity index (χ1v) is 5.14. The van der Waals surface area contributed by atoms with Gasteiger partial charge >= 0.3 is 0 Å². The van der Waals surface area contributed by atoms with Crippen LogP contribution < -0.4 is 5.32 Å². The lowest BCUT2D eigenvalue weighted by Crippen LogP contribution is -2.20. The fraction of sp³-hybridized carbons (Fsp3) is 0.385. The molecule has 0 aliphatic carbocycles.